The topological polar surface area (TPSA) is 92.9 Å². The Hall–Kier alpha value is -2.72. The molecular formula is C13H13N5O2. The Bertz CT molecular complexity index is 628. The van der Waals surface area contributed by atoms with Crippen molar-refractivity contribution >= 4 is 5.91 Å². The minimum absolute atomic E-state index is 0.228. The molecule has 0 aromatic carbocycles. The smallest absolute Gasteiger partial charge is 0.252 e. The predicted molar refractivity (Wildman–Crippen MR) is 70.6 cm³/mol. The lowest BCUT2D eigenvalue weighted by atomic mass is 10.2. The van der Waals surface area contributed by atoms with E-state index in [1.54, 1.807) is 23.1 Å². The normalized spacial score (nSPS) is 9.65. The molecule has 2 aromatic heterocycles. The molecule has 0 radical (unpaired) electrons. The Balaban J connectivity index is 1.91. The van der Waals surface area contributed by atoms with Gasteiger partial charge < -0.3 is 10.4 Å². The Labute approximate surface area is 115 Å². The number of carbonyl (C=O) groups excluding carboxylic acids is 1. The second-order valence-electron chi connectivity index (χ2n) is 3.84. The fourth-order valence-corrected chi connectivity index (χ4v) is 1.51. The number of nitrogens with one attached hydrogen (secondary N) is 1. The molecule has 0 bridgehead atoms. The molecule has 102 valence electrons. The zero-order valence-electron chi connectivity index (χ0n) is 10.7. The number of amides is 1. The number of aliphatic hydroxyl groups is 1. The van der Waals surface area contributed by atoms with E-state index in [1.165, 1.54) is 12.4 Å². The molecule has 0 saturated heterocycles. The summed E-state index contributed by atoms with van der Waals surface area (Å²) in [5.41, 5.74) is 1.01. The van der Waals surface area contributed by atoms with Crippen molar-refractivity contribution in [3.8, 4) is 11.8 Å². The molecular weight excluding hydrogens is 258 g/mol. The van der Waals surface area contributed by atoms with Crippen LogP contribution < -0.4 is 5.32 Å². The third-order valence-electron chi connectivity index (χ3n) is 2.41. The van der Waals surface area contributed by atoms with Gasteiger partial charge in [0.15, 0.2) is 0 Å². The van der Waals surface area contributed by atoms with Crippen molar-refractivity contribution in [1.82, 2.24) is 25.3 Å². The van der Waals surface area contributed by atoms with E-state index < -0.39 is 0 Å². The molecule has 20 heavy (non-hydrogen) atoms. The van der Waals surface area contributed by atoms with E-state index in [1.807, 2.05) is 0 Å². The molecule has 0 aliphatic heterocycles. The molecule has 2 rings (SSSR count). The number of hydrogen-bond donors (Lipinski definition) is 2. The first-order valence-electron chi connectivity index (χ1n) is 5.96. The fraction of sp³-hybridized carbons (Fsp3) is 0.231. The number of carbonyl (C=O) groups is 1. The molecule has 0 spiro atoms. The van der Waals surface area contributed by atoms with Crippen LogP contribution in [0, 0.1) is 11.8 Å². The van der Waals surface area contributed by atoms with Crippen molar-refractivity contribution in [2.24, 2.45) is 0 Å². The number of rotatable bonds is 4. The van der Waals surface area contributed by atoms with E-state index in [9.17, 15) is 4.79 Å². The third-order valence-corrected chi connectivity index (χ3v) is 2.41. The molecule has 1 amide bonds. The van der Waals surface area contributed by atoms with E-state index in [2.05, 4.69) is 32.5 Å². The molecule has 7 nitrogen and oxygen atoms in total. The lowest BCUT2D eigenvalue weighted by molar-refractivity contribution is 0.0951. The lowest BCUT2D eigenvalue weighted by Crippen LogP contribution is -2.27. The van der Waals surface area contributed by atoms with Gasteiger partial charge in [-0.05, 0) is 6.07 Å². The van der Waals surface area contributed by atoms with Gasteiger partial charge in [-0.25, -0.2) is 0 Å². The molecule has 2 aromatic rings. The van der Waals surface area contributed by atoms with Crippen molar-refractivity contribution in [3.05, 3.63) is 42.0 Å². The molecule has 0 aliphatic rings. The van der Waals surface area contributed by atoms with Crippen LogP contribution in [0.25, 0.3) is 0 Å². The first-order valence-corrected chi connectivity index (χ1v) is 5.96. The molecule has 0 unspecified atom stereocenters. The summed E-state index contributed by atoms with van der Waals surface area (Å²) in [6.45, 7) is 0.756. The third kappa shape index (κ3) is 3.90. The first kappa shape index (κ1) is 13.7. The minimum atomic E-state index is -0.231. The van der Waals surface area contributed by atoms with Gasteiger partial charge in [0, 0.05) is 30.7 Å². The monoisotopic (exact) mass is 271 g/mol. The van der Waals surface area contributed by atoms with Crippen molar-refractivity contribution in [2.75, 3.05) is 13.2 Å². The quantitative estimate of drug-likeness (QED) is 0.728. The summed E-state index contributed by atoms with van der Waals surface area (Å²) in [4.78, 5) is 15.8. The molecule has 2 heterocycles. The summed E-state index contributed by atoms with van der Waals surface area (Å²) < 4.78 is 1.63. The second kappa shape index (κ2) is 7.01. The average molecular weight is 271 g/mol. The highest BCUT2D eigenvalue weighted by Gasteiger charge is 2.05. The number of aromatic nitrogens is 4. The fourth-order valence-electron chi connectivity index (χ4n) is 1.51. The summed E-state index contributed by atoms with van der Waals surface area (Å²) >= 11 is 0. The zero-order chi connectivity index (χ0) is 14.2. The Morgan fingerprint density at radius 1 is 1.45 bits per heavy atom. The number of pyridine rings is 1. The average Bonchev–Trinajstić information content (AvgIpc) is 2.98. The van der Waals surface area contributed by atoms with Gasteiger partial charge in [0.05, 0.1) is 18.3 Å². The summed E-state index contributed by atoms with van der Waals surface area (Å²) in [6.07, 6.45) is 6.30. The van der Waals surface area contributed by atoms with E-state index >= 15 is 0 Å². The van der Waals surface area contributed by atoms with Crippen LogP contribution in [0.1, 0.15) is 15.9 Å². The highest BCUT2D eigenvalue weighted by Crippen LogP contribution is 2.01. The van der Waals surface area contributed by atoms with E-state index in [4.69, 9.17) is 5.11 Å². The predicted octanol–water partition coefficient (Wildman–Crippen LogP) is -0.553. The van der Waals surface area contributed by atoms with Crippen LogP contribution >= 0.6 is 0 Å². The Morgan fingerprint density at radius 2 is 2.35 bits per heavy atom. The molecule has 0 saturated carbocycles. The van der Waals surface area contributed by atoms with Gasteiger partial charge in [0.25, 0.3) is 5.91 Å². The van der Waals surface area contributed by atoms with Gasteiger partial charge in [-0.2, -0.15) is 0 Å². The van der Waals surface area contributed by atoms with Crippen molar-refractivity contribution in [2.45, 2.75) is 6.54 Å². The van der Waals surface area contributed by atoms with Gasteiger partial charge in [0.1, 0.15) is 6.61 Å². The highest BCUT2D eigenvalue weighted by atomic mass is 16.2. The van der Waals surface area contributed by atoms with E-state index in [-0.39, 0.29) is 12.5 Å². The lowest BCUT2D eigenvalue weighted by Gasteiger charge is -2.05. The van der Waals surface area contributed by atoms with Crippen LogP contribution in [-0.4, -0.2) is 44.1 Å². The van der Waals surface area contributed by atoms with Gasteiger partial charge in [0.2, 0.25) is 0 Å². The van der Waals surface area contributed by atoms with Crippen molar-refractivity contribution < 1.29 is 9.90 Å². The second-order valence-corrected chi connectivity index (χ2v) is 3.84. The van der Waals surface area contributed by atoms with Gasteiger partial charge in [-0.15, -0.1) is 5.10 Å². The summed E-state index contributed by atoms with van der Waals surface area (Å²) in [7, 11) is 0. The first-order chi connectivity index (χ1) is 9.79. The maximum atomic E-state index is 11.9. The van der Waals surface area contributed by atoms with Crippen molar-refractivity contribution in [1.29, 1.82) is 0 Å². The molecule has 0 atom stereocenters. The van der Waals surface area contributed by atoms with Crippen LogP contribution in [0.2, 0.25) is 0 Å². The Kier molecular flexibility index (Phi) is 4.81. The summed E-state index contributed by atoms with van der Waals surface area (Å²) in [5.74, 6) is 4.98. The maximum absolute atomic E-state index is 11.9. The van der Waals surface area contributed by atoms with Crippen LogP contribution in [0.5, 0.6) is 0 Å². The van der Waals surface area contributed by atoms with Gasteiger partial charge >= 0.3 is 0 Å². The van der Waals surface area contributed by atoms with E-state index in [0.29, 0.717) is 24.2 Å². The largest absolute Gasteiger partial charge is 0.384 e. The highest BCUT2D eigenvalue weighted by molar-refractivity contribution is 5.94. The van der Waals surface area contributed by atoms with E-state index in [0.717, 1.165) is 0 Å². The van der Waals surface area contributed by atoms with Gasteiger partial charge in [-0.1, -0.05) is 17.1 Å². The van der Waals surface area contributed by atoms with Crippen LogP contribution in [0.4, 0.5) is 0 Å². The summed E-state index contributed by atoms with van der Waals surface area (Å²) in [6, 6.07) is 1.63. The molecule has 2 N–H and O–H groups in total. The standard InChI is InChI=1S/C13H13N5O2/c19-7-1-2-11-8-12(10-14-9-11)13(20)15-3-5-18-6-4-16-17-18/h4,6,8-10,19H,3,5,7H2,(H,15,20). The SMILES string of the molecule is O=C(NCCn1ccnn1)c1cncc(C#CCO)c1. The molecule has 0 fully saturated rings. The van der Waals surface area contributed by atoms with Crippen LogP contribution in [-0.2, 0) is 6.54 Å². The molecule has 0 aliphatic carbocycles. The zero-order valence-corrected chi connectivity index (χ0v) is 10.7. The summed E-state index contributed by atoms with van der Waals surface area (Å²) in [5, 5.41) is 18.8. The number of nitrogens with zero attached hydrogens (tertiary/aromatic N) is 4. The van der Waals surface area contributed by atoms with Crippen LogP contribution in [0.15, 0.2) is 30.9 Å². The number of aliphatic hydroxyl groups excluding tert-OH is 1. The van der Waals surface area contributed by atoms with Crippen LogP contribution in [0.3, 0.4) is 0 Å². The number of hydrogen-bond acceptors (Lipinski definition) is 5. The van der Waals surface area contributed by atoms with Gasteiger partial charge in [-0.3, -0.25) is 14.5 Å². The van der Waals surface area contributed by atoms with Crippen molar-refractivity contribution in [3.63, 3.8) is 0 Å². The minimum Gasteiger partial charge on any atom is -0.384 e. The molecule has 7 heteroatoms. The maximum Gasteiger partial charge on any atom is 0.252 e. The Morgan fingerprint density at radius 3 is 3.10 bits per heavy atom.